The van der Waals surface area contributed by atoms with Crippen molar-refractivity contribution in [2.24, 2.45) is 0 Å². The third kappa shape index (κ3) is 15.3. The summed E-state index contributed by atoms with van der Waals surface area (Å²) in [6.07, 6.45) is 39.6. The van der Waals surface area contributed by atoms with Gasteiger partial charge in [0, 0.05) is 16.7 Å². The number of fused-ring (bicyclic) bond motifs is 6. The van der Waals surface area contributed by atoms with Gasteiger partial charge in [-0.2, -0.15) is 0 Å². The van der Waals surface area contributed by atoms with Crippen LogP contribution < -0.4 is 0 Å². The van der Waals surface area contributed by atoms with Gasteiger partial charge in [0.15, 0.2) is 33.9 Å². The molecule has 8 rings (SSSR count). The second-order valence-corrected chi connectivity index (χ2v) is 21.9. The van der Waals surface area contributed by atoms with Gasteiger partial charge in [-0.15, -0.1) is 0 Å². The molecule has 75 heavy (non-hydrogen) atoms. The average molecular weight is 1010 g/mol. The van der Waals surface area contributed by atoms with Crippen LogP contribution in [-0.2, 0) is 38.5 Å². The van der Waals surface area contributed by atoms with Gasteiger partial charge in [0.25, 0.3) is 0 Å². The summed E-state index contributed by atoms with van der Waals surface area (Å²) in [6.45, 7) is 13.7. The molecule has 9 heteroatoms. The molecule has 0 spiro atoms. The third-order valence-electron chi connectivity index (χ3n) is 15.3. The third-order valence-corrected chi connectivity index (χ3v) is 15.3. The van der Waals surface area contributed by atoms with Crippen molar-refractivity contribution in [3.63, 3.8) is 0 Å². The first-order valence-electron chi connectivity index (χ1n) is 30.2. The van der Waals surface area contributed by atoms with E-state index >= 15 is 0 Å². The van der Waals surface area contributed by atoms with Gasteiger partial charge in [0.2, 0.25) is 5.65 Å². The molecule has 5 aromatic heterocycles. The minimum Gasteiger partial charge on any atom is -0.254 e. The molecule has 0 N–H and O–H groups in total. The average Bonchev–Trinajstić information content (AvgIpc) is 3.82. The fraction of sp³-hybridized carbons (Fsp3) is 0.545. The van der Waals surface area contributed by atoms with Crippen LogP contribution >= 0.6 is 0 Å². The molecular weight excluding hydrogens is 919 g/mol. The number of unbranched alkanes of at least 4 members (excludes halogenated alkanes) is 18. The van der Waals surface area contributed by atoms with E-state index in [1.54, 1.807) is 0 Å². The lowest BCUT2D eigenvalue weighted by Gasteiger charge is -2.13. The first-order chi connectivity index (χ1) is 36.9. The van der Waals surface area contributed by atoms with Crippen molar-refractivity contribution < 1.29 is 0 Å². The predicted octanol–water partition coefficient (Wildman–Crippen LogP) is 18.3. The van der Waals surface area contributed by atoms with E-state index in [4.69, 9.17) is 39.9 Å². The second-order valence-electron chi connectivity index (χ2n) is 21.9. The van der Waals surface area contributed by atoms with Crippen molar-refractivity contribution in [2.45, 2.75) is 234 Å². The van der Waals surface area contributed by atoms with E-state index in [2.05, 4.69) is 101 Å². The second kappa shape index (κ2) is 29.0. The lowest BCUT2D eigenvalue weighted by molar-refractivity contribution is 0.661. The van der Waals surface area contributed by atoms with Gasteiger partial charge in [-0.3, -0.25) is 4.40 Å². The molecule has 0 fully saturated rings. The summed E-state index contributed by atoms with van der Waals surface area (Å²) in [4.78, 5) is 42.2. The molecule has 0 amide bonds. The van der Waals surface area contributed by atoms with Gasteiger partial charge in [-0.1, -0.05) is 175 Å². The van der Waals surface area contributed by atoms with Crippen LogP contribution in [0.3, 0.4) is 0 Å². The van der Waals surface area contributed by atoms with Crippen LogP contribution in [0.2, 0.25) is 0 Å². The van der Waals surface area contributed by atoms with Crippen molar-refractivity contribution in [2.75, 3.05) is 0 Å². The quantitative estimate of drug-likeness (QED) is 0.0296. The zero-order chi connectivity index (χ0) is 52.2. The van der Waals surface area contributed by atoms with Crippen LogP contribution in [0.15, 0.2) is 67.0 Å². The number of hydrogen-bond donors (Lipinski definition) is 0. The first kappa shape index (κ1) is 55.5. The zero-order valence-corrected chi connectivity index (χ0v) is 47.1. The summed E-state index contributed by atoms with van der Waals surface area (Å²) in [6, 6.07) is 21.3. The van der Waals surface area contributed by atoms with Crippen molar-refractivity contribution in [3.05, 3.63) is 100 Å². The van der Waals surface area contributed by atoms with Gasteiger partial charge >= 0.3 is 0 Å². The monoisotopic (exact) mass is 1010 g/mol. The lowest BCUT2D eigenvalue weighted by Crippen LogP contribution is -2.04. The topological polar surface area (TPSA) is 108 Å². The Hall–Kier alpha value is -5.70. The number of benzene rings is 3. The molecular formula is C66H89N9. The first-order valence-corrected chi connectivity index (χ1v) is 30.2. The molecule has 5 heterocycles. The van der Waals surface area contributed by atoms with E-state index in [0.29, 0.717) is 39.5 Å². The highest BCUT2D eigenvalue weighted by atomic mass is 15.2. The standard InChI is InChI=1S/C66H89N9/c1-7-13-19-25-31-48-37-49(32-26-20-14-8-2)41-54(40-48)57-46-67-60-61(69-57)73-66-63(72-60)71-59(56-44-52(35-29-23-17-11-5)39-53(45-56)36-30-24-18-12-6)64-74-62-65(75(64)66)70-58(47-68-62)55-42-50(33-27-21-15-9-3)38-51(43-55)34-28-22-16-10-4/h37-47H,7-36H2,1-6H3. The Kier molecular flexibility index (Phi) is 21.5. The number of rotatable bonds is 33. The van der Waals surface area contributed by atoms with Crippen LogP contribution in [0.1, 0.15) is 229 Å². The summed E-state index contributed by atoms with van der Waals surface area (Å²) in [5.41, 5.74) is 17.7. The Balaban J connectivity index is 1.29. The lowest BCUT2D eigenvalue weighted by atomic mass is 9.96. The molecule has 3 aromatic carbocycles. The minimum atomic E-state index is 0.472. The van der Waals surface area contributed by atoms with E-state index < -0.39 is 0 Å². The van der Waals surface area contributed by atoms with Crippen molar-refractivity contribution >= 4 is 39.5 Å². The minimum absolute atomic E-state index is 0.472. The maximum Gasteiger partial charge on any atom is 0.200 e. The van der Waals surface area contributed by atoms with Crippen LogP contribution in [0.25, 0.3) is 73.3 Å². The van der Waals surface area contributed by atoms with E-state index in [9.17, 15) is 0 Å². The van der Waals surface area contributed by atoms with Crippen molar-refractivity contribution in [1.82, 2.24) is 44.3 Å². The smallest absolute Gasteiger partial charge is 0.200 e. The summed E-state index contributed by atoms with van der Waals surface area (Å²) >= 11 is 0. The van der Waals surface area contributed by atoms with E-state index in [0.717, 1.165) is 72.3 Å². The Morgan fingerprint density at radius 2 is 0.627 bits per heavy atom. The maximum absolute atomic E-state index is 5.51. The number of imidazole rings is 1. The van der Waals surface area contributed by atoms with Crippen LogP contribution in [0.4, 0.5) is 0 Å². The number of hydrogen-bond acceptors (Lipinski definition) is 8. The summed E-state index contributed by atoms with van der Waals surface area (Å²) < 4.78 is 2.07. The molecule has 398 valence electrons. The zero-order valence-electron chi connectivity index (χ0n) is 47.1. The summed E-state index contributed by atoms with van der Waals surface area (Å²) in [5, 5.41) is 0. The molecule has 0 aliphatic carbocycles. The molecule has 8 aromatic rings. The summed E-state index contributed by atoms with van der Waals surface area (Å²) in [5.74, 6) is 0. The van der Waals surface area contributed by atoms with Gasteiger partial charge in [0.1, 0.15) is 5.69 Å². The van der Waals surface area contributed by atoms with Gasteiger partial charge in [-0.25, -0.2) is 39.9 Å². The Morgan fingerprint density at radius 1 is 0.280 bits per heavy atom. The van der Waals surface area contributed by atoms with Crippen molar-refractivity contribution in [1.29, 1.82) is 0 Å². The Labute approximate surface area is 450 Å². The Bertz CT molecular complexity index is 2970. The molecule has 0 saturated heterocycles. The van der Waals surface area contributed by atoms with Crippen molar-refractivity contribution in [3.8, 4) is 33.8 Å². The normalized spacial score (nSPS) is 11.9. The highest BCUT2D eigenvalue weighted by Crippen LogP contribution is 2.33. The molecule has 0 bridgehead atoms. The molecule has 0 unspecified atom stereocenters. The van der Waals surface area contributed by atoms with Crippen LogP contribution in [0, 0.1) is 0 Å². The van der Waals surface area contributed by atoms with Crippen LogP contribution in [0.5, 0.6) is 0 Å². The SMILES string of the molecule is CCCCCCc1cc(CCCCCC)cc(-c2cnc3nc4nc(-c5cc(CCCCCC)cc(CCCCCC)c5)c5nc6ncc(-c7cc(CCCCCC)cc(CCCCCC)c7)nc6n5c4nc3n2)c1. The van der Waals surface area contributed by atoms with E-state index in [1.807, 2.05) is 12.4 Å². The number of nitrogens with zero attached hydrogens (tertiary/aromatic N) is 9. The molecule has 0 aliphatic rings. The van der Waals surface area contributed by atoms with Gasteiger partial charge in [-0.05, 0) is 147 Å². The molecule has 0 atom stereocenters. The molecule has 9 nitrogen and oxygen atoms in total. The van der Waals surface area contributed by atoms with Gasteiger partial charge < -0.3 is 0 Å². The molecule has 0 radical (unpaired) electrons. The van der Waals surface area contributed by atoms with Gasteiger partial charge in [0.05, 0.1) is 23.8 Å². The predicted molar refractivity (Wildman–Crippen MR) is 316 cm³/mol. The highest BCUT2D eigenvalue weighted by molar-refractivity contribution is 5.92. The fourth-order valence-electron chi connectivity index (χ4n) is 11.0. The molecule has 0 saturated carbocycles. The molecule has 0 aliphatic heterocycles. The van der Waals surface area contributed by atoms with E-state index in [1.165, 1.54) is 187 Å². The summed E-state index contributed by atoms with van der Waals surface area (Å²) in [7, 11) is 0. The number of aromatic nitrogens is 9. The largest absolute Gasteiger partial charge is 0.254 e. The highest BCUT2D eigenvalue weighted by Gasteiger charge is 2.22. The van der Waals surface area contributed by atoms with Crippen LogP contribution in [-0.4, -0.2) is 44.3 Å². The number of aryl methyl sites for hydroxylation is 6. The van der Waals surface area contributed by atoms with E-state index in [-0.39, 0.29) is 0 Å². The maximum atomic E-state index is 5.51. The fourth-order valence-corrected chi connectivity index (χ4v) is 11.0. The Morgan fingerprint density at radius 3 is 1.03 bits per heavy atom.